The number of benzene rings is 5. The monoisotopic (exact) mass is 1720 g/mol. The summed E-state index contributed by atoms with van der Waals surface area (Å²) in [4.78, 5) is 133. The molecule has 5 aromatic rings. The lowest BCUT2D eigenvalue weighted by atomic mass is 9.86. The number of rotatable bonds is 24. The number of likely N-dealkylation sites (N-methyl/N-ethyl adjacent to an activating group) is 1. The minimum Gasteiger partial charge on any atom is -0.508 e. The molecule has 8 heterocycles. The van der Waals surface area contributed by atoms with Gasteiger partial charge in [-0.15, -0.1) is 0 Å². The van der Waals surface area contributed by atoms with E-state index in [9.17, 15) is 69.9 Å². The molecule has 5 aromatic carbocycles. The van der Waals surface area contributed by atoms with Crippen LogP contribution in [-0.4, -0.2) is 229 Å². The molecule has 118 heavy (non-hydrogen) atoms. The van der Waals surface area contributed by atoms with Crippen molar-refractivity contribution in [3.05, 3.63) is 117 Å². The Kier molecular flexibility index (Phi) is 30.0. The normalized spacial score (nSPS) is 28.1. The van der Waals surface area contributed by atoms with E-state index in [1.165, 1.54) is 39.1 Å². The number of ether oxygens (including phenoxy) is 7. The molecule has 0 aromatic heterocycles. The second kappa shape index (κ2) is 39.4. The van der Waals surface area contributed by atoms with E-state index < -0.39 is 231 Å². The molecule has 36 nitrogen and oxygen atoms in total. The lowest BCUT2D eigenvalue weighted by Crippen LogP contribution is -2.64. The van der Waals surface area contributed by atoms with Gasteiger partial charge in [-0.2, -0.15) is 0 Å². The summed E-state index contributed by atoms with van der Waals surface area (Å²) in [6.07, 6.45) is -14.5. The van der Waals surface area contributed by atoms with E-state index in [0.717, 1.165) is 85.7 Å². The van der Waals surface area contributed by atoms with E-state index in [4.69, 9.17) is 67.8 Å². The molecule has 13 rings (SSSR count). The third kappa shape index (κ3) is 21.4. The summed E-state index contributed by atoms with van der Waals surface area (Å²) >= 11 is 14.3. The van der Waals surface area contributed by atoms with Gasteiger partial charge in [-0.25, -0.2) is 0 Å². The van der Waals surface area contributed by atoms with Gasteiger partial charge in [-0.3, -0.25) is 43.2 Å². The first kappa shape index (κ1) is 89.7. The summed E-state index contributed by atoms with van der Waals surface area (Å²) in [6, 6.07) is 0.0506. The van der Waals surface area contributed by atoms with E-state index in [0.29, 0.717) is 18.1 Å². The summed E-state index contributed by atoms with van der Waals surface area (Å²) in [5.41, 5.74) is 8.45. The number of primary amides is 1. The Bertz CT molecular complexity index is 4550. The number of nitrogens with one attached hydrogen (secondary N) is 9. The van der Waals surface area contributed by atoms with Crippen LogP contribution in [0.1, 0.15) is 137 Å². The minimum atomic E-state index is -2.36. The zero-order valence-corrected chi connectivity index (χ0v) is 67.8. The molecule has 0 spiro atoms. The number of phenols is 3. The van der Waals surface area contributed by atoms with E-state index >= 15 is 19.2 Å². The van der Waals surface area contributed by atoms with Crippen LogP contribution in [0.25, 0.3) is 11.1 Å². The van der Waals surface area contributed by atoms with Gasteiger partial charge in [-0.1, -0.05) is 83.3 Å². The Labute approximate surface area is 694 Å². The molecule has 22 N–H and O–H groups in total. The van der Waals surface area contributed by atoms with Crippen LogP contribution in [0.5, 0.6) is 46.0 Å². The highest BCUT2D eigenvalue weighted by molar-refractivity contribution is 8.77. The highest BCUT2D eigenvalue weighted by Crippen LogP contribution is 2.50. The van der Waals surface area contributed by atoms with Crippen LogP contribution in [0.15, 0.2) is 78.9 Å². The van der Waals surface area contributed by atoms with Gasteiger partial charge in [0.2, 0.25) is 65.2 Å². The maximum atomic E-state index is 16.3. The second-order valence-electron chi connectivity index (χ2n) is 30.2. The van der Waals surface area contributed by atoms with Crippen LogP contribution >= 0.6 is 44.8 Å². The molecular formula is C78H97Cl2N11O25S2. The number of amides is 9. The molecule has 0 radical (unpaired) electrons. The smallest absolute Gasteiger partial charge is 0.248 e. The van der Waals surface area contributed by atoms with Crippen LogP contribution in [0.4, 0.5) is 0 Å². The fraction of sp³-hybridized carbons (Fsp3) is 0.500. The van der Waals surface area contributed by atoms with Crippen molar-refractivity contribution in [2.45, 2.75) is 194 Å². The second-order valence-corrected chi connectivity index (χ2v) is 33.8. The predicted molar refractivity (Wildman–Crippen MR) is 425 cm³/mol. The summed E-state index contributed by atoms with van der Waals surface area (Å²) in [5, 5.41) is 129. The Morgan fingerprint density at radius 2 is 1.36 bits per heavy atom. The molecule has 8 aliphatic rings. The number of aliphatic hydroxyl groups is 6. The van der Waals surface area contributed by atoms with Gasteiger partial charge in [0.1, 0.15) is 95.5 Å². The zero-order chi connectivity index (χ0) is 85.3. The van der Waals surface area contributed by atoms with E-state index in [1.807, 2.05) is 35.4 Å². The Hall–Kier alpha value is -9.07. The zero-order valence-electron chi connectivity index (χ0n) is 64.7. The topological polar surface area (TPSA) is 561 Å². The number of aliphatic hydroxyl groups excluding tert-OH is 6. The number of carbonyl (C=O) groups excluding carboxylic acids is 9. The third-order valence-electron chi connectivity index (χ3n) is 20.8. The summed E-state index contributed by atoms with van der Waals surface area (Å²) < 4.78 is 44.4. The van der Waals surface area contributed by atoms with Crippen molar-refractivity contribution < 1.29 is 122 Å². The molecule has 40 heteroatoms. The lowest BCUT2D eigenvalue weighted by Gasteiger charge is -2.47. The standard InChI is InChI=1S/C78H97Cl2N11O25S2/c1-33(2)22-45(83-5)70(103)90-61-63(98)36-11-14-49(43(79)24-36)112-51-26-38-27-52(67(51)116-77-68(66(101)65(100)53(32-92)114-77)115-56-31-78(4,82)69(102)34(3)111-56)113-50-15-12-37(25-44(50)80)64(99)62-76(109)89-60(72(105)85-18-20-110-19-17-84-55(97)9-7-6-8-40-16-21-117-118-40)42-28-39(93)29-48(95)57(42)41-23-35(10-13-47(41)94)58(73(106)91-62)88-74(107)59(38)87-71(104)46(30-54(81)96)86-75(61)108/h10-15,23-29,33-34,40,45-46,53,56,58-66,68-69,77,83,92-95,98-102H,6-9,16-22,30-32,82H2,1-5H3,(H2,81,96)(H,84,97)(H,85,105)(H,86,108)(H,87,104)(H,88,107)(H,89,109)(H,90,103)(H,91,106)/t34-,40?,45+,46-,53+,56-,58+,59+,60-,61+,62-,63+,64+,65+,66-,68+,69+,77-,78-/m0/s1. The average molecular weight is 1720 g/mol. The number of aromatic hydroxyl groups is 3. The molecule has 0 aliphatic carbocycles. The quantitative estimate of drug-likeness (QED) is 0.0310. The Morgan fingerprint density at radius 3 is 1.99 bits per heavy atom. The van der Waals surface area contributed by atoms with Crippen molar-refractivity contribution in [1.82, 2.24) is 47.9 Å². The Morgan fingerprint density at radius 1 is 0.720 bits per heavy atom. The van der Waals surface area contributed by atoms with Crippen LogP contribution < -0.4 is 73.5 Å². The number of unbranched alkanes of at least 4 members (excludes halogenated alkanes) is 1. The molecule has 3 fully saturated rings. The Balaban J connectivity index is 1.06. The molecule has 11 bridgehead atoms. The summed E-state index contributed by atoms with van der Waals surface area (Å²) in [7, 11) is 5.20. The predicted octanol–water partition coefficient (Wildman–Crippen LogP) is 1.98. The van der Waals surface area contributed by atoms with Crippen molar-refractivity contribution >= 4 is 98.0 Å². The van der Waals surface area contributed by atoms with Crippen LogP contribution in [0.2, 0.25) is 10.0 Å². The third-order valence-corrected chi connectivity index (χ3v) is 24.4. The molecule has 3 saturated heterocycles. The first-order valence-electron chi connectivity index (χ1n) is 38.2. The molecule has 640 valence electrons. The molecule has 1 unspecified atom stereocenters. The van der Waals surface area contributed by atoms with Gasteiger partial charge in [0.15, 0.2) is 23.9 Å². The van der Waals surface area contributed by atoms with Gasteiger partial charge in [0.25, 0.3) is 0 Å². The van der Waals surface area contributed by atoms with E-state index in [-0.39, 0.29) is 84.2 Å². The number of phenolic OH excluding ortho intramolecular Hbond substituents is 3. The fourth-order valence-electron chi connectivity index (χ4n) is 14.5. The van der Waals surface area contributed by atoms with Crippen molar-refractivity contribution in [3.8, 4) is 57.1 Å². The summed E-state index contributed by atoms with van der Waals surface area (Å²) in [5.74, 6) is -14.0. The van der Waals surface area contributed by atoms with Gasteiger partial charge in [-0.05, 0) is 135 Å². The minimum absolute atomic E-state index is 0.0229. The first-order chi connectivity index (χ1) is 56.1. The number of nitrogens with two attached hydrogens (primary N) is 2. The number of carbonyl (C=O) groups is 9. The fourth-order valence-corrected chi connectivity index (χ4v) is 18.0. The van der Waals surface area contributed by atoms with Crippen LogP contribution in [0.3, 0.4) is 0 Å². The first-order valence-corrected chi connectivity index (χ1v) is 41.4. The van der Waals surface area contributed by atoms with Gasteiger partial charge in [0, 0.05) is 59.7 Å². The SMILES string of the molecule is CN[C@H](CC(C)C)C(=O)N[C@H]1C(=O)N[C@@H](CC(N)=O)C(=O)N[C@H]2C(=O)N[C@H]3C(=O)N[C@H](C(=O)N[C@H](C(=O)NCCOCCNC(=O)CCCCC4CCSS4)c4cc(O)cc(O)c4-c4cc3ccc4O)[C@H](O)c3ccc(c(Cl)c3)Oc3cc2cc(c3O[C@@H]2O[C@H](CO)[C@@H](O)[C@H](O)[C@H]2O[C@H]2C[C@](C)(N)[C@H](O)[C@H](C)O2)Oc2ccc(cc2Cl)[C@H]1O. The lowest BCUT2D eigenvalue weighted by molar-refractivity contribution is -0.333. The van der Waals surface area contributed by atoms with Crippen LogP contribution in [0, 0.1) is 5.92 Å². The van der Waals surface area contributed by atoms with Gasteiger partial charge >= 0.3 is 0 Å². The van der Waals surface area contributed by atoms with Crippen molar-refractivity contribution in [2.24, 2.45) is 17.4 Å². The molecule has 9 amide bonds. The summed E-state index contributed by atoms with van der Waals surface area (Å²) in [6.45, 7) is 5.41. The largest absolute Gasteiger partial charge is 0.508 e. The number of halogens is 2. The molecular weight excluding hydrogens is 1630 g/mol. The van der Waals surface area contributed by atoms with Crippen LogP contribution in [-0.2, 0) is 62.1 Å². The van der Waals surface area contributed by atoms with Crippen molar-refractivity contribution in [3.63, 3.8) is 0 Å². The van der Waals surface area contributed by atoms with Gasteiger partial charge < -0.3 is 138 Å². The van der Waals surface area contributed by atoms with Crippen molar-refractivity contribution in [2.75, 3.05) is 45.7 Å². The number of hydrogen-bond acceptors (Lipinski definition) is 29. The highest BCUT2D eigenvalue weighted by atomic mass is 35.5. The van der Waals surface area contributed by atoms with Crippen molar-refractivity contribution in [1.29, 1.82) is 0 Å². The maximum absolute atomic E-state index is 16.3. The number of fused-ring (bicyclic) bond motifs is 15. The molecule has 0 saturated carbocycles. The van der Waals surface area contributed by atoms with E-state index in [1.54, 1.807) is 0 Å². The average Bonchev–Trinajstić information content (AvgIpc) is 0.771. The highest BCUT2D eigenvalue weighted by Gasteiger charge is 2.52. The molecule has 8 aliphatic heterocycles. The molecule has 19 atom stereocenters. The van der Waals surface area contributed by atoms with E-state index in [2.05, 4.69) is 47.9 Å². The number of hydrogen-bond donors (Lipinski definition) is 20. The van der Waals surface area contributed by atoms with Gasteiger partial charge in [0.05, 0.1) is 54.5 Å². The maximum Gasteiger partial charge on any atom is 0.248 e.